The minimum atomic E-state index is -0.314. The number of amides is 1. The number of alkyl carbamates (subject to hydrolysis) is 1. The molecule has 0 bridgehead atoms. The second-order valence-electron chi connectivity index (χ2n) is 3.40. The fourth-order valence-electron chi connectivity index (χ4n) is 1.72. The average Bonchev–Trinajstić information content (AvgIpc) is 2.61. The first-order chi connectivity index (χ1) is 6.81. The number of ether oxygens (including phenoxy) is 1. The Hall–Kier alpha value is -1.51. The minimum Gasteiger partial charge on any atom is -0.439 e. The van der Waals surface area contributed by atoms with Crippen molar-refractivity contribution in [3.8, 4) is 0 Å². The molecule has 1 aliphatic rings. The van der Waals surface area contributed by atoms with Crippen molar-refractivity contribution in [3.63, 3.8) is 0 Å². The standard InChI is InChI=1S/C11H13NO2/c1-2-9-10(14-11(13)12-9)8-6-4-3-5-7-8/h3-7,9-10H,2H2,1H3,(H,12,13)/t9-,10-/m0/s1. The van der Waals surface area contributed by atoms with Gasteiger partial charge in [-0.25, -0.2) is 4.79 Å². The van der Waals surface area contributed by atoms with Crippen molar-refractivity contribution in [3.05, 3.63) is 35.9 Å². The Morgan fingerprint density at radius 1 is 1.36 bits per heavy atom. The molecule has 1 fully saturated rings. The van der Waals surface area contributed by atoms with Crippen LogP contribution >= 0.6 is 0 Å². The topological polar surface area (TPSA) is 38.3 Å². The van der Waals surface area contributed by atoms with Crippen LogP contribution in [-0.2, 0) is 4.74 Å². The van der Waals surface area contributed by atoms with Crippen LogP contribution < -0.4 is 5.32 Å². The summed E-state index contributed by atoms with van der Waals surface area (Å²) in [5.74, 6) is 0. The maximum absolute atomic E-state index is 11.1. The molecule has 1 N–H and O–H groups in total. The Labute approximate surface area is 83.1 Å². The molecule has 1 heterocycles. The Morgan fingerprint density at radius 3 is 2.71 bits per heavy atom. The molecule has 0 aliphatic carbocycles. The second-order valence-corrected chi connectivity index (χ2v) is 3.40. The SMILES string of the molecule is CC[C@@H]1NC(=O)O[C@H]1c1ccccc1. The van der Waals surface area contributed by atoms with Gasteiger partial charge in [0.05, 0.1) is 6.04 Å². The number of benzene rings is 1. The molecule has 0 unspecified atom stereocenters. The van der Waals surface area contributed by atoms with Gasteiger partial charge < -0.3 is 10.1 Å². The summed E-state index contributed by atoms with van der Waals surface area (Å²) in [6, 6.07) is 9.92. The third kappa shape index (κ3) is 1.58. The Kier molecular flexibility index (Phi) is 2.39. The molecule has 0 radical (unpaired) electrons. The number of hydrogen-bond donors (Lipinski definition) is 1. The van der Waals surface area contributed by atoms with Crippen molar-refractivity contribution in [1.29, 1.82) is 0 Å². The van der Waals surface area contributed by atoms with E-state index >= 15 is 0 Å². The van der Waals surface area contributed by atoms with E-state index in [9.17, 15) is 4.79 Å². The highest BCUT2D eigenvalue weighted by Gasteiger charge is 2.33. The van der Waals surface area contributed by atoms with Crippen LogP contribution in [-0.4, -0.2) is 12.1 Å². The summed E-state index contributed by atoms with van der Waals surface area (Å²) in [6.07, 6.45) is 0.435. The summed E-state index contributed by atoms with van der Waals surface area (Å²) in [6.45, 7) is 2.04. The molecule has 1 aromatic carbocycles. The van der Waals surface area contributed by atoms with Gasteiger partial charge in [-0.1, -0.05) is 37.3 Å². The van der Waals surface area contributed by atoms with Gasteiger partial charge in [-0.3, -0.25) is 0 Å². The normalized spacial score (nSPS) is 25.6. The van der Waals surface area contributed by atoms with Gasteiger partial charge in [-0.15, -0.1) is 0 Å². The van der Waals surface area contributed by atoms with Crippen molar-refractivity contribution < 1.29 is 9.53 Å². The van der Waals surface area contributed by atoms with E-state index in [4.69, 9.17) is 4.74 Å². The van der Waals surface area contributed by atoms with Crippen molar-refractivity contribution in [2.45, 2.75) is 25.5 Å². The van der Waals surface area contributed by atoms with Crippen molar-refractivity contribution in [2.75, 3.05) is 0 Å². The zero-order chi connectivity index (χ0) is 9.97. The van der Waals surface area contributed by atoms with Gasteiger partial charge >= 0.3 is 6.09 Å². The van der Waals surface area contributed by atoms with Crippen LogP contribution in [0.15, 0.2) is 30.3 Å². The smallest absolute Gasteiger partial charge is 0.408 e. The molecule has 1 aromatic rings. The first-order valence-corrected chi connectivity index (χ1v) is 4.83. The molecular weight excluding hydrogens is 178 g/mol. The first-order valence-electron chi connectivity index (χ1n) is 4.83. The van der Waals surface area contributed by atoms with E-state index in [-0.39, 0.29) is 18.2 Å². The highest BCUT2D eigenvalue weighted by molar-refractivity contribution is 5.70. The zero-order valence-electron chi connectivity index (χ0n) is 8.07. The summed E-state index contributed by atoms with van der Waals surface area (Å²) in [4.78, 5) is 11.1. The quantitative estimate of drug-likeness (QED) is 0.778. The monoisotopic (exact) mass is 191 g/mol. The molecule has 0 spiro atoms. The summed E-state index contributed by atoms with van der Waals surface area (Å²) in [7, 11) is 0. The maximum atomic E-state index is 11.1. The van der Waals surface area contributed by atoms with Crippen molar-refractivity contribution >= 4 is 6.09 Å². The van der Waals surface area contributed by atoms with Gasteiger partial charge in [-0.05, 0) is 12.0 Å². The molecule has 1 saturated heterocycles. The number of hydrogen-bond acceptors (Lipinski definition) is 2. The van der Waals surface area contributed by atoms with E-state index in [0.717, 1.165) is 12.0 Å². The van der Waals surface area contributed by atoms with Crippen LogP contribution in [0.1, 0.15) is 25.0 Å². The largest absolute Gasteiger partial charge is 0.439 e. The summed E-state index contributed by atoms with van der Waals surface area (Å²) < 4.78 is 5.20. The number of rotatable bonds is 2. The molecule has 2 rings (SSSR count). The lowest BCUT2D eigenvalue weighted by atomic mass is 10.0. The third-order valence-electron chi connectivity index (χ3n) is 2.47. The van der Waals surface area contributed by atoms with E-state index < -0.39 is 0 Å². The number of nitrogens with one attached hydrogen (secondary N) is 1. The average molecular weight is 191 g/mol. The molecule has 1 amide bonds. The molecule has 3 heteroatoms. The Balaban J connectivity index is 2.22. The molecule has 74 valence electrons. The van der Waals surface area contributed by atoms with Gasteiger partial charge in [0.2, 0.25) is 0 Å². The van der Waals surface area contributed by atoms with E-state index in [2.05, 4.69) is 5.32 Å². The van der Waals surface area contributed by atoms with Gasteiger partial charge in [0, 0.05) is 0 Å². The predicted octanol–water partition coefficient (Wildman–Crippen LogP) is 2.25. The lowest BCUT2D eigenvalue weighted by Gasteiger charge is -2.14. The van der Waals surface area contributed by atoms with Gasteiger partial charge in [0.15, 0.2) is 0 Å². The molecular formula is C11H13NO2. The van der Waals surface area contributed by atoms with Crippen LogP contribution in [0.4, 0.5) is 4.79 Å². The predicted molar refractivity (Wildman–Crippen MR) is 52.9 cm³/mol. The fraction of sp³-hybridized carbons (Fsp3) is 0.364. The van der Waals surface area contributed by atoms with Crippen molar-refractivity contribution in [1.82, 2.24) is 5.32 Å². The summed E-state index contributed by atoms with van der Waals surface area (Å²) in [5.41, 5.74) is 1.05. The first kappa shape index (κ1) is 9.06. The highest BCUT2D eigenvalue weighted by atomic mass is 16.6. The molecule has 1 aliphatic heterocycles. The van der Waals surface area contributed by atoms with Gasteiger partial charge in [0.25, 0.3) is 0 Å². The Morgan fingerprint density at radius 2 is 2.07 bits per heavy atom. The maximum Gasteiger partial charge on any atom is 0.408 e. The second kappa shape index (κ2) is 3.70. The number of cyclic esters (lactones) is 1. The van der Waals surface area contributed by atoms with Crippen molar-refractivity contribution in [2.24, 2.45) is 0 Å². The zero-order valence-corrected chi connectivity index (χ0v) is 8.07. The van der Waals surface area contributed by atoms with E-state index in [1.54, 1.807) is 0 Å². The molecule has 2 atom stereocenters. The summed E-state index contributed by atoms with van der Waals surface area (Å²) >= 11 is 0. The lowest BCUT2D eigenvalue weighted by molar-refractivity contribution is 0.131. The number of carbonyl (C=O) groups is 1. The van der Waals surface area contributed by atoms with Crippen LogP contribution in [0.25, 0.3) is 0 Å². The Bertz CT molecular complexity index is 323. The van der Waals surface area contributed by atoms with E-state index in [0.29, 0.717) is 0 Å². The van der Waals surface area contributed by atoms with E-state index in [1.165, 1.54) is 0 Å². The van der Waals surface area contributed by atoms with Gasteiger partial charge in [-0.2, -0.15) is 0 Å². The molecule has 0 aromatic heterocycles. The third-order valence-corrected chi connectivity index (χ3v) is 2.47. The molecule has 3 nitrogen and oxygen atoms in total. The lowest BCUT2D eigenvalue weighted by Crippen LogP contribution is -2.26. The molecule has 0 saturated carbocycles. The van der Waals surface area contributed by atoms with Crippen LogP contribution in [0, 0.1) is 0 Å². The molecule has 14 heavy (non-hydrogen) atoms. The highest BCUT2D eigenvalue weighted by Crippen LogP contribution is 2.27. The van der Waals surface area contributed by atoms with Crippen LogP contribution in [0.2, 0.25) is 0 Å². The fourth-order valence-corrected chi connectivity index (χ4v) is 1.72. The van der Waals surface area contributed by atoms with Crippen LogP contribution in [0.5, 0.6) is 0 Å². The minimum absolute atomic E-state index is 0.102. The summed E-state index contributed by atoms with van der Waals surface area (Å²) in [5, 5.41) is 2.79. The number of carbonyl (C=O) groups excluding carboxylic acids is 1. The van der Waals surface area contributed by atoms with Crippen LogP contribution in [0.3, 0.4) is 0 Å². The van der Waals surface area contributed by atoms with Gasteiger partial charge in [0.1, 0.15) is 6.10 Å². The van der Waals surface area contributed by atoms with E-state index in [1.807, 2.05) is 37.3 Å².